The molecule has 2 aromatic rings. The second kappa shape index (κ2) is 11.6. The van der Waals surface area contributed by atoms with Crippen LogP contribution in [-0.4, -0.2) is 5.97 Å². The number of allylic oxidation sites excluding steroid dienone is 2. The first-order chi connectivity index (χ1) is 14.7. The second-order valence-corrected chi connectivity index (χ2v) is 8.87. The van der Waals surface area contributed by atoms with Crippen molar-refractivity contribution in [3.05, 3.63) is 71.3 Å². The molecule has 0 aliphatic rings. The third-order valence-corrected chi connectivity index (χ3v) is 5.21. The number of ether oxygens (including phenoxy) is 2. The summed E-state index contributed by atoms with van der Waals surface area (Å²) in [6.07, 6.45) is 0.885. The third-order valence-electron chi connectivity index (χ3n) is 5.09. The zero-order valence-electron chi connectivity index (χ0n) is 18.7. The van der Waals surface area contributed by atoms with Gasteiger partial charge in [-0.2, -0.15) is 5.26 Å². The van der Waals surface area contributed by atoms with Gasteiger partial charge in [-0.05, 0) is 48.9 Å². The quantitative estimate of drug-likeness (QED) is 0.385. The van der Waals surface area contributed by atoms with Crippen LogP contribution in [0, 0.1) is 35.0 Å². The van der Waals surface area contributed by atoms with Crippen molar-refractivity contribution < 1.29 is 14.3 Å². The fraction of sp³-hybridized carbons (Fsp3) is 0.385. The largest absolute Gasteiger partial charge is 0.457 e. The van der Waals surface area contributed by atoms with Gasteiger partial charge in [0.2, 0.25) is 6.10 Å². The Labute approximate surface area is 190 Å². The maximum absolute atomic E-state index is 13.2. The highest BCUT2D eigenvalue weighted by molar-refractivity contribution is 6.29. The Balaban J connectivity index is 2.24. The van der Waals surface area contributed by atoms with Crippen molar-refractivity contribution in [2.24, 2.45) is 23.7 Å². The maximum Gasteiger partial charge on any atom is 0.311 e. The Bertz CT molecular complexity index is 927. The molecular formula is C26H30ClNO3. The maximum atomic E-state index is 13.2. The smallest absolute Gasteiger partial charge is 0.311 e. The van der Waals surface area contributed by atoms with Crippen molar-refractivity contribution in [1.29, 1.82) is 5.26 Å². The normalized spacial score (nSPS) is 14.6. The van der Waals surface area contributed by atoms with E-state index in [0.29, 0.717) is 22.1 Å². The summed E-state index contributed by atoms with van der Waals surface area (Å²) in [5, 5.41) is 10.4. The number of nitrogens with zero attached hydrogens (tertiary/aromatic N) is 1. The molecule has 0 fully saturated rings. The molecule has 0 aliphatic heterocycles. The van der Waals surface area contributed by atoms with E-state index in [1.165, 1.54) is 0 Å². The lowest BCUT2D eigenvalue weighted by molar-refractivity contribution is -0.155. The monoisotopic (exact) mass is 439 g/mol. The highest BCUT2D eigenvalue weighted by atomic mass is 35.5. The molecular weight excluding hydrogens is 410 g/mol. The summed E-state index contributed by atoms with van der Waals surface area (Å²) in [6, 6.07) is 18.5. The number of rotatable bonds is 9. The first kappa shape index (κ1) is 24.5. The number of benzene rings is 2. The van der Waals surface area contributed by atoms with Gasteiger partial charge in [0.05, 0.1) is 5.92 Å². The molecule has 2 rings (SSSR count). The predicted molar refractivity (Wildman–Crippen MR) is 124 cm³/mol. The Kier molecular flexibility index (Phi) is 9.15. The lowest BCUT2D eigenvalue weighted by atomic mass is 9.77. The van der Waals surface area contributed by atoms with Gasteiger partial charge in [-0.15, -0.1) is 0 Å². The van der Waals surface area contributed by atoms with Crippen LogP contribution in [0.25, 0.3) is 0 Å². The SMILES string of the molecule is CC(Cl)=CC(C(C)C)C(C(=O)OC(C#N)c1cccc(Oc2ccccc2)c1)C(C)C. The summed E-state index contributed by atoms with van der Waals surface area (Å²) in [5.41, 5.74) is 0.567. The minimum atomic E-state index is -1.03. The summed E-state index contributed by atoms with van der Waals surface area (Å²) >= 11 is 6.13. The number of nitriles is 1. The van der Waals surface area contributed by atoms with E-state index in [1.807, 2.05) is 50.3 Å². The number of para-hydroxylation sites is 1. The van der Waals surface area contributed by atoms with E-state index in [1.54, 1.807) is 31.2 Å². The van der Waals surface area contributed by atoms with Crippen LogP contribution in [0.5, 0.6) is 11.5 Å². The van der Waals surface area contributed by atoms with E-state index in [2.05, 4.69) is 19.9 Å². The topological polar surface area (TPSA) is 59.3 Å². The van der Waals surface area contributed by atoms with Crippen molar-refractivity contribution in [2.75, 3.05) is 0 Å². The second-order valence-electron chi connectivity index (χ2n) is 8.28. The fourth-order valence-corrected chi connectivity index (χ4v) is 3.72. The van der Waals surface area contributed by atoms with Crippen LogP contribution < -0.4 is 4.74 Å². The van der Waals surface area contributed by atoms with Gasteiger partial charge in [-0.3, -0.25) is 4.79 Å². The molecule has 3 unspecified atom stereocenters. The number of carbonyl (C=O) groups excluding carboxylic acids is 1. The first-order valence-corrected chi connectivity index (χ1v) is 10.9. The molecule has 3 atom stereocenters. The minimum absolute atomic E-state index is 0.0271. The molecule has 0 saturated heterocycles. The number of esters is 1. The Morgan fingerprint density at radius 1 is 1.00 bits per heavy atom. The molecule has 5 heteroatoms. The van der Waals surface area contributed by atoms with Gasteiger partial charge in [0.15, 0.2) is 0 Å². The zero-order chi connectivity index (χ0) is 23.0. The third kappa shape index (κ3) is 7.15. The van der Waals surface area contributed by atoms with Gasteiger partial charge in [0.1, 0.15) is 17.6 Å². The lowest BCUT2D eigenvalue weighted by Gasteiger charge is -2.30. The molecule has 4 nitrogen and oxygen atoms in total. The highest BCUT2D eigenvalue weighted by Crippen LogP contribution is 2.33. The Morgan fingerprint density at radius 3 is 2.19 bits per heavy atom. The molecule has 0 heterocycles. The molecule has 0 saturated carbocycles. The molecule has 0 N–H and O–H groups in total. The van der Waals surface area contributed by atoms with Gasteiger partial charge in [-0.25, -0.2) is 0 Å². The summed E-state index contributed by atoms with van der Waals surface area (Å²) in [5.74, 6) is 0.583. The van der Waals surface area contributed by atoms with Gasteiger partial charge in [0.25, 0.3) is 0 Å². The molecule has 31 heavy (non-hydrogen) atoms. The average Bonchev–Trinajstić information content (AvgIpc) is 2.71. The standard InChI is InChI=1S/C26H30ClNO3/c1-17(2)23(14-19(5)27)25(18(3)4)26(29)31-24(16-28)20-10-9-13-22(15-20)30-21-11-7-6-8-12-21/h6-15,17-18,23-25H,1-5H3. The van der Waals surface area contributed by atoms with Crippen LogP contribution in [-0.2, 0) is 9.53 Å². The summed E-state index contributed by atoms with van der Waals surface area (Å²) in [4.78, 5) is 13.2. The van der Waals surface area contributed by atoms with Crippen LogP contribution in [0.2, 0.25) is 0 Å². The predicted octanol–water partition coefficient (Wildman–Crippen LogP) is 7.27. The van der Waals surface area contributed by atoms with Crippen molar-refractivity contribution in [1.82, 2.24) is 0 Å². The molecule has 0 aromatic heterocycles. The van der Waals surface area contributed by atoms with Crippen molar-refractivity contribution in [2.45, 2.75) is 40.7 Å². The molecule has 0 aliphatic carbocycles. The number of hydrogen-bond acceptors (Lipinski definition) is 4. The van der Waals surface area contributed by atoms with Crippen molar-refractivity contribution in [3.8, 4) is 17.6 Å². The van der Waals surface area contributed by atoms with Crippen LogP contribution in [0.3, 0.4) is 0 Å². The van der Waals surface area contributed by atoms with E-state index in [0.717, 1.165) is 0 Å². The van der Waals surface area contributed by atoms with Crippen molar-refractivity contribution in [3.63, 3.8) is 0 Å². The Morgan fingerprint density at radius 2 is 1.65 bits per heavy atom. The van der Waals surface area contributed by atoms with Crippen LogP contribution in [0.15, 0.2) is 65.7 Å². The van der Waals surface area contributed by atoms with Gasteiger partial charge >= 0.3 is 5.97 Å². The van der Waals surface area contributed by atoms with Crippen LogP contribution >= 0.6 is 11.6 Å². The van der Waals surface area contributed by atoms with E-state index < -0.39 is 18.0 Å². The van der Waals surface area contributed by atoms with E-state index in [-0.39, 0.29) is 17.8 Å². The summed E-state index contributed by atoms with van der Waals surface area (Å²) < 4.78 is 11.5. The van der Waals surface area contributed by atoms with Crippen molar-refractivity contribution >= 4 is 17.6 Å². The van der Waals surface area contributed by atoms with Crippen LogP contribution in [0.4, 0.5) is 0 Å². The van der Waals surface area contributed by atoms with E-state index in [9.17, 15) is 10.1 Å². The number of halogens is 1. The molecule has 0 spiro atoms. The highest BCUT2D eigenvalue weighted by Gasteiger charge is 2.35. The van der Waals surface area contributed by atoms with Gasteiger partial charge in [0, 0.05) is 10.6 Å². The number of carbonyl (C=O) groups is 1. The van der Waals surface area contributed by atoms with E-state index >= 15 is 0 Å². The molecule has 0 bridgehead atoms. The minimum Gasteiger partial charge on any atom is -0.457 e. The average molecular weight is 440 g/mol. The molecule has 2 aromatic carbocycles. The molecule has 164 valence electrons. The van der Waals surface area contributed by atoms with E-state index in [4.69, 9.17) is 21.1 Å². The summed E-state index contributed by atoms with van der Waals surface area (Å²) in [7, 11) is 0. The zero-order valence-corrected chi connectivity index (χ0v) is 19.5. The van der Waals surface area contributed by atoms with Gasteiger partial charge < -0.3 is 9.47 Å². The lowest BCUT2D eigenvalue weighted by Crippen LogP contribution is -2.33. The number of hydrogen-bond donors (Lipinski definition) is 0. The summed E-state index contributed by atoms with van der Waals surface area (Å²) in [6.45, 7) is 9.87. The Hall–Kier alpha value is -2.77. The van der Waals surface area contributed by atoms with Gasteiger partial charge in [-0.1, -0.05) is 75.7 Å². The fourth-order valence-electron chi connectivity index (χ4n) is 3.58. The first-order valence-electron chi connectivity index (χ1n) is 10.5. The molecule has 0 radical (unpaired) electrons. The molecule has 0 amide bonds. The van der Waals surface area contributed by atoms with Crippen LogP contribution in [0.1, 0.15) is 46.3 Å².